The molecule has 7 heteroatoms. The standard InChI is InChI=1S/C26H31N3O3S/c1-3-32-20-12-10-19(11-13-20)29-24(30)22-16-23-21(14-15-33-23)28(22)17-26(29,2)25(31)27-18-8-6-4-5-7-9-18/h10-16,18H,3-9,17H2,1-2H3,(H,27,31). The van der Waals surface area contributed by atoms with Crippen molar-refractivity contribution in [3.8, 4) is 5.75 Å². The molecule has 1 unspecified atom stereocenters. The van der Waals surface area contributed by atoms with Crippen LogP contribution in [-0.2, 0) is 11.3 Å². The van der Waals surface area contributed by atoms with Crippen LogP contribution in [0.1, 0.15) is 62.9 Å². The number of nitrogens with zero attached hydrogens (tertiary/aromatic N) is 2. The average molecular weight is 466 g/mol. The molecule has 0 radical (unpaired) electrons. The maximum atomic E-state index is 13.9. The first-order valence-electron chi connectivity index (χ1n) is 12.0. The summed E-state index contributed by atoms with van der Waals surface area (Å²) in [5, 5.41) is 5.35. The van der Waals surface area contributed by atoms with Gasteiger partial charge in [0.05, 0.1) is 23.4 Å². The van der Waals surface area contributed by atoms with E-state index < -0.39 is 5.54 Å². The summed E-state index contributed by atoms with van der Waals surface area (Å²) in [7, 11) is 0. The van der Waals surface area contributed by atoms with Crippen LogP contribution >= 0.6 is 11.3 Å². The molecule has 6 nitrogen and oxygen atoms in total. The van der Waals surface area contributed by atoms with Gasteiger partial charge >= 0.3 is 0 Å². The Morgan fingerprint density at radius 2 is 1.88 bits per heavy atom. The lowest BCUT2D eigenvalue weighted by Gasteiger charge is -2.44. The van der Waals surface area contributed by atoms with Crippen molar-refractivity contribution in [1.82, 2.24) is 9.88 Å². The third-order valence-electron chi connectivity index (χ3n) is 6.99. The minimum atomic E-state index is -1.04. The second kappa shape index (κ2) is 8.86. The highest BCUT2D eigenvalue weighted by Gasteiger charge is 2.49. The minimum absolute atomic E-state index is 0.0839. The molecular weight excluding hydrogens is 434 g/mol. The van der Waals surface area contributed by atoms with Gasteiger partial charge in [-0.25, -0.2) is 0 Å². The van der Waals surface area contributed by atoms with E-state index in [0.29, 0.717) is 24.5 Å². The first-order valence-corrected chi connectivity index (χ1v) is 12.8. The van der Waals surface area contributed by atoms with Crippen molar-refractivity contribution < 1.29 is 14.3 Å². The fourth-order valence-electron chi connectivity index (χ4n) is 5.24. The number of carbonyl (C=O) groups excluding carboxylic acids is 2. The van der Waals surface area contributed by atoms with E-state index >= 15 is 0 Å². The van der Waals surface area contributed by atoms with E-state index in [1.165, 1.54) is 12.8 Å². The first-order chi connectivity index (χ1) is 16.0. The zero-order valence-corrected chi connectivity index (χ0v) is 20.1. The van der Waals surface area contributed by atoms with Gasteiger partial charge in [-0.1, -0.05) is 25.7 Å². The summed E-state index contributed by atoms with van der Waals surface area (Å²) in [6.07, 6.45) is 6.73. The minimum Gasteiger partial charge on any atom is -0.494 e. The van der Waals surface area contributed by atoms with Gasteiger partial charge in [-0.2, -0.15) is 0 Å². The molecule has 174 valence electrons. The van der Waals surface area contributed by atoms with E-state index in [1.807, 2.05) is 60.2 Å². The van der Waals surface area contributed by atoms with Crippen LogP contribution in [0.3, 0.4) is 0 Å². The largest absolute Gasteiger partial charge is 0.494 e. The van der Waals surface area contributed by atoms with Crippen LogP contribution < -0.4 is 15.0 Å². The first kappa shape index (κ1) is 22.0. The summed E-state index contributed by atoms with van der Waals surface area (Å²) in [4.78, 5) is 29.4. The summed E-state index contributed by atoms with van der Waals surface area (Å²) in [5.74, 6) is 0.519. The van der Waals surface area contributed by atoms with E-state index in [-0.39, 0.29) is 17.9 Å². The van der Waals surface area contributed by atoms with Crippen LogP contribution in [0, 0.1) is 0 Å². The monoisotopic (exact) mass is 465 g/mol. The molecule has 0 saturated heterocycles. The second-order valence-corrected chi connectivity index (χ2v) is 10.2. The molecule has 2 amide bonds. The molecule has 1 saturated carbocycles. The Labute approximate surface area is 198 Å². The summed E-state index contributed by atoms with van der Waals surface area (Å²) < 4.78 is 8.67. The number of thiophene rings is 1. The molecule has 1 atom stereocenters. The molecule has 0 spiro atoms. The van der Waals surface area contributed by atoms with Crippen LogP contribution in [0.15, 0.2) is 41.8 Å². The number of benzene rings is 1. The molecule has 33 heavy (non-hydrogen) atoms. The quantitative estimate of drug-likeness (QED) is 0.516. The number of amides is 2. The number of anilines is 1. The normalized spacial score (nSPS) is 21.6. The highest BCUT2D eigenvalue weighted by Crippen LogP contribution is 2.38. The van der Waals surface area contributed by atoms with E-state index in [1.54, 1.807) is 16.2 Å². The number of ether oxygens (including phenoxy) is 1. The Morgan fingerprint density at radius 3 is 2.58 bits per heavy atom. The summed E-state index contributed by atoms with van der Waals surface area (Å²) in [6.45, 7) is 4.83. The number of rotatable bonds is 5. The van der Waals surface area contributed by atoms with E-state index in [2.05, 4.69) is 5.32 Å². The zero-order valence-electron chi connectivity index (χ0n) is 19.3. The van der Waals surface area contributed by atoms with Crippen molar-refractivity contribution in [3.63, 3.8) is 0 Å². The number of hydrogen-bond acceptors (Lipinski definition) is 4. The molecule has 1 aromatic carbocycles. The van der Waals surface area contributed by atoms with Gasteiger partial charge in [0.25, 0.3) is 5.91 Å². The Kier molecular flexibility index (Phi) is 5.91. The highest BCUT2D eigenvalue weighted by atomic mass is 32.1. The maximum Gasteiger partial charge on any atom is 0.275 e. The van der Waals surface area contributed by atoms with Crippen molar-refractivity contribution >= 4 is 39.1 Å². The molecule has 2 aromatic heterocycles. The molecule has 2 aliphatic rings. The molecule has 5 rings (SSSR count). The number of aromatic nitrogens is 1. The van der Waals surface area contributed by atoms with Gasteiger partial charge in [-0.05, 0) is 68.5 Å². The highest BCUT2D eigenvalue weighted by molar-refractivity contribution is 7.17. The lowest BCUT2D eigenvalue weighted by molar-refractivity contribution is -0.127. The van der Waals surface area contributed by atoms with Crippen LogP contribution in [0.4, 0.5) is 5.69 Å². The van der Waals surface area contributed by atoms with Gasteiger partial charge in [0, 0.05) is 11.7 Å². The Morgan fingerprint density at radius 1 is 1.15 bits per heavy atom. The van der Waals surface area contributed by atoms with Gasteiger partial charge in [0.1, 0.15) is 17.0 Å². The van der Waals surface area contributed by atoms with Crippen molar-refractivity contribution in [2.75, 3.05) is 11.5 Å². The SMILES string of the molecule is CCOc1ccc(N2C(=O)c3cc4sccc4n3CC2(C)C(=O)NC2CCCCCC2)cc1. The zero-order chi connectivity index (χ0) is 23.0. The summed E-state index contributed by atoms with van der Waals surface area (Å²) >= 11 is 1.62. The predicted molar refractivity (Wildman–Crippen MR) is 132 cm³/mol. The second-order valence-electron chi connectivity index (χ2n) is 9.29. The van der Waals surface area contributed by atoms with Gasteiger partial charge in [0.15, 0.2) is 0 Å². The predicted octanol–water partition coefficient (Wildman–Crippen LogP) is 5.36. The molecule has 3 heterocycles. The van der Waals surface area contributed by atoms with Crippen molar-refractivity contribution in [2.45, 2.75) is 70.5 Å². The Balaban J connectivity index is 1.54. The smallest absolute Gasteiger partial charge is 0.275 e. The molecule has 1 fully saturated rings. The maximum absolute atomic E-state index is 13.9. The van der Waals surface area contributed by atoms with Crippen LogP contribution in [-0.4, -0.2) is 34.6 Å². The fraction of sp³-hybridized carbons (Fsp3) is 0.462. The number of fused-ring (bicyclic) bond motifs is 3. The van der Waals surface area contributed by atoms with Gasteiger partial charge in [0.2, 0.25) is 5.91 Å². The van der Waals surface area contributed by atoms with Crippen molar-refractivity contribution in [2.24, 2.45) is 0 Å². The molecule has 1 N–H and O–H groups in total. The van der Waals surface area contributed by atoms with E-state index in [9.17, 15) is 9.59 Å². The number of nitrogens with one attached hydrogen (secondary N) is 1. The number of hydrogen-bond donors (Lipinski definition) is 1. The van der Waals surface area contributed by atoms with Gasteiger partial charge in [-0.15, -0.1) is 11.3 Å². The lowest BCUT2D eigenvalue weighted by Crippen LogP contribution is -2.65. The molecular formula is C26H31N3O3S. The Bertz CT molecular complexity index is 1160. The lowest BCUT2D eigenvalue weighted by atomic mass is 9.92. The third-order valence-corrected chi connectivity index (χ3v) is 7.84. The Hall–Kier alpha value is -2.80. The van der Waals surface area contributed by atoms with Crippen LogP contribution in [0.25, 0.3) is 10.2 Å². The van der Waals surface area contributed by atoms with Gasteiger partial charge < -0.3 is 14.6 Å². The summed E-state index contributed by atoms with van der Waals surface area (Å²) in [5.41, 5.74) is 1.31. The van der Waals surface area contributed by atoms with Gasteiger partial charge in [-0.3, -0.25) is 14.5 Å². The topological polar surface area (TPSA) is 63.6 Å². The van der Waals surface area contributed by atoms with E-state index in [0.717, 1.165) is 41.6 Å². The molecule has 1 aliphatic heterocycles. The fourth-order valence-corrected chi connectivity index (χ4v) is 6.06. The van der Waals surface area contributed by atoms with Crippen molar-refractivity contribution in [1.29, 1.82) is 0 Å². The van der Waals surface area contributed by atoms with Crippen LogP contribution in [0.5, 0.6) is 5.75 Å². The molecule has 3 aromatic rings. The average Bonchev–Trinajstić information content (AvgIpc) is 3.30. The van der Waals surface area contributed by atoms with Crippen molar-refractivity contribution in [3.05, 3.63) is 47.5 Å². The van der Waals surface area contributed by atoms with Crippen LogP contribution in [0.2, 0.25) is 0 Å². The molecule has 0 bridgehead atoms. The third kappa shape index (κ3) is 3.92. The summed E-state index contributed by atoms with van der Waals surface area (Å²) in [6, 6.07) is 11.6. The van der Waals surface area contributed by atoms with E-state index in [4.69, 9.17) is 4.74 Å². The molecule has 1 aliphatic carbocycles. The number of carbonyl (C=O) groups is 2.